The maximum atomic E-state index is 12.5. The van der Waals surface area contributed by atoms with Crippen molar-refractivity contribution in [2.75, 3.05) is 13.1 Å². The monoisotopic (exact) mass is 362 g/mol. The second-order valence-electron chi connectivity index (χ2n) is 6.57. The Morgan fingerprint density at radius 2 is 2.04 bits per heavy atom. The average Bonchev–Trinajstić information content (AvgIpc) is 3.01. The molecule has 0 fully saturated rings. The van der Waals surface area contributed by atoms with Gasteiger partial charge in [0.15, 0.2) is 0 Å². The fourth-order valence-electron chi connectivity index (χ4n) is 3.14. The molecule has 0 atom stereocenters. The molecule has 3 rings (SSSR count). The quantitative estimate of drug-likeness (QED) is 0.821. The van der Waals surface area contributed by atoms with E-state index >= 15 is 0 Å². The highest BCUT2D eigenvalue weighted by molar-refractivity contribution is 7.89. The summed E-state index contributed by atoms with van der Waals surface area (Å²) >= 11 is 0. The molecule has 0 aliphatic carbocycles. The van der Waals surface area contributed by atoms with Crippen LogP contribution in [-0.4, -0.2) is 36.2 Å². The smallest absolute Gasteiger partial charge is 0.241 e. The largest absolute Gasteiger partial charge is 0.296 e. The van der Waals surface area contributed by atoms with Crippen LogP contribution in [0, 0.1) is 6.92 Å². The molecule has 136 valence electrons. The molecular formula is C18H26N4O2S. The molecule has 6 nitrogen and oxygen atoms in total. The molecule has 0 spiro atoms. The number of hydrogen-bond donors (Lipinski definition) is 1. The van der Waals surface area contributed by atoms with Gasteiger partial charge in [0.25, 0.3) is 0 Å². The van der Waals surface area contributed by atoms with E-state index in [1.807, 2.05) is 16.8 Å². The van der Waals surface area contributed by atoms with E-state index in [1.54, 1.807) is 25.1 Å². The number of hydrogen-bond acceptors (Lipinski definition) is 4. The van der Waals surface area contributed by atoms with Gasteiger partial charge in [0.2, 0.25) is 10.0 Å². The van der Waals surface area contributed by atoms with Gasteiger partial charge in [-0.05, 0) is 37.6 Å². The Kier molecular flexibility index (Phi) is 5.56. The lowest BCUT2D eigenvalue weighted by Gasteiger charge is -2.27. The Labute approximate surface area is 149 Å². The van der Waals surface area contributed by atoms with E-state index in [9.17, 15) is 8.42 Å². The second kappa shape index (κ2) is 7.68. The number of nitrogens with one attached hydrogen (secondary N) is 1. The van der Waals surface area contributed by atoms with Crippen LogP contribution in [0.2, 0.25) is 0 Å². The van der Waals surface area contributed by atoms with E-state index in [4.69, 9.17) is 0 Å². The molecule has 0 saturated carbocycles. The Balaban J connectivity index is 1.65. The molecule has 0 radical (unpaired) electrons. The molecule has 1 aromatic carbocycles. The first-order valence-electron chi connectivity index (χ1n) is 8.83. The van der Waals surface area contributed by atoms with Gasteiger partial charge in [-0.1, -0.05) is 31.5 Å². The predicted octanol–water partition coefficient (Wildman–Crippen LogP) is 2.29. The van der Waals surface area contributed by atoms with Crippen molar-refractivity contribution < 1.29 is 8.42 Å². The molecule has 1 aromatic heterocycles. The Bertz CT molecular complexity index is 829. The summed E-state index contributed by atoms with van der Waals surface area (Å²) in [5, 5.41) is 4.55. The van der Waals surface area contributed by atoms with Crippen molar-refractivity contribution in [1.29, 1.82) is 0 Å². The van der Waals surface area contributed by atoms with Crippen molar-refractivity contribution in [2.24, 2.45) is 0 Å². The van der Waals surface area contributed by atoms with Gasteiger partial charge in [-0.25, -0.2) is 13.1 Å². The minimum atomic E-state index is -3.52. The Morgan fingerprint density at radius 3 is 2.80 bits per heavy atom. The molecular weight excluding hydrogens is 336 g/mol. The number of sulfonamides is 1. The first kappa shape index (κ1) is 18.1. The van der Waals surface area contributed by atoms with Gasteiger partial charge in [0.05, 0.1) is 29.4 Å². The van der Waals surface area contributed by atoms with Gasteiger partial charge in [-0.2, -0.15) is 5.10 Å². The van der Waals surface area contributed by atoms with Crippen LogP contribution in [-0.2, 0) is 29.7 Å². The zero-order valence-electron chi connectivity index (χ0n) is 14.9. The van der Waals surface area contributed by atoms with Crippen LogP contribution < -0.4 is 4.72 Å². The van der Waals surface area contributed by atoms with Crippen molar-refractivity contribution in [3.8, 4) is 0 Å². The fourth-order valence-corrected chi connectivity index (χ4v) is 4.39. The number of aryl methyl sites for hydroxylation is 1. The van der Waals surface area contributed by atoms with E-state index in [0.29, 0.717) is 4.90 Å². The lowest BCUT2D eigenvalue weighted by atomic mass is 10.2. The highest BCUT2D eigenvalue weighted by atomic mass is 32.2. The number of rotatable bonds is 7. The zero-order valence-corrected chi connectivity index (χ0v) is 15.7. The van der Waals surface area contributed by atoms with Gasteiger partial charge in [0.1, 0.15) is 0 Å². The maximum Gasteiger partial charge on any atom is 0.241 e. The van der Waals surface area contributed by atoms with Gasteiger partial charge in [0, 0.05) is 13.1 Å². The summed E-state index contributed by atoms with van der Waals surface area (Å²) in [4.78, 5) is 2.76. The minimum Gasteiger partial charge on any atom is -0.296 e. The van der Waals surface area contributed by atoms with Crippen molar-refractivity contribution in [2.45, 2.75) is 51.2 Å². The highest BCUT2D eigenvalue weighted by Gasteiger charge is 2.20. The predicted molar refractivity (Wildman–Crippen MR) is 97.6 cm³/mol. The second-order valence-corrected chi connectivity index (χ2v) is 8.31. The van der Waals surface area contributed by atoms with Gasteiger partial charge >= 0.3 is 0 Å². The third kappa shape index (κ3) is 4.29. The SMILES string of the molecule is CCCCN1CCn2nc(CNS(=O)(=O)c3ccccc3C)cc2C1. The normalized spacial score (nSPS) is 15.3. The molecule has 7 heteroatoms. The number of unbranched alkanes of at least 4 members (excludes halogenated alkanes) is 1. The third-order valence-corrected chi connectivity index (χ3v) is 6.14. The van der Waals surface area contributed by atoms with E-state index < -0.39 is 10.0 Å². The molecule has 2 heterocycles. The van der Waals surface area contributed by atoms with Crippen molar-refractivity contribution >= 4 is 10.0 Å². The summed E-state index contributed by atoms with van der Waals surface area (Å²) in [5.74, 6) is 0. The Hall–Kier alpha value is -1.70. The lowest BCUT2D eigenvalue weighted by Crippen LogP contribution is -2.34. The average molecular weight is 362 g/mol. The number of nitrogens with zero attached hydrogens (tertiary/aromatic N) is 3. The summed E-state index contributed by atoms with van der Waals surface area (Å²) in [6, 6.07) is 9.01. The van der Waals surface area contributed by atoms with Crippen LogP contribution in [0.3, 0.4) is 0 Å². The minimum absolute atomic E-state index is 0.214. The molecule has 0 unspecified atom stereocenters. The molecule has 1 aliphatic heterocycles. The van der Waals surface area contributed by atoms with E-state index in [1.165, 1.54) is 12.8 Å². The standard InChI is InChI=1S/C18H26N4O2S/c1-3-4-9-21-10-11-22-17(14-21)12-16(20-22)13-19-25(23,24)18-8-6-5-7-15(18)2/h5-8,12,19H,3-4,9-11,13-14H2,1-2H3. The fraction of sp³-hybridized carbons (Fsp3) is 0.500. The zero-order chi connectivity index (χ0) is 17.9. The van der Waals surface area contributed by atoms with Gasteiger partial charge < -0.3 is 0 Å². The van der Waals surface area contributed by atoms with Crippen molar-refractivity contribution in [3.63, 3.8) is 0 Å². The van der Waals surface area contributed by atoms with Crippen LogP contribution in [0.15, 0.2) is 35.2 Å². The summed E-state index contributed by atoms with van der Waals surface area (Å²) in [6.07, 6.45) is 2.40. The number of benzene rings is 1. The van der Waals surface area contributed by atoms with Crippen molar-refractivity contribution in [1.82, 2.24) is 19.4 Å². The molecule has 0 saturated heterocycles. The van der Waals surface area contributed by atoms with Crippen molar-refractivity contribution in [3.05, 3.63) is 47.3 Å². The van der Waals surface area contributed by atoms with Crippen LogP contribution in [0.1, 0.15) is 36.7 Å². The first-order chi connectivity index (χ1) is 12.0. The summed E-state index contributed by atoms with van der Waals surface area (Å²) in [6.45, 7) is 8.08. The van der Waals surface area contributed by atoms with E-state index in [2.05, 4.69) is 21.6 Å². The van der Waals surface area contributed by atoms with Crippen LogP contribution in [0.25, 0.3) is 0 Å². The van der Waals surface area contributed by atoms with Crippen LogP contribution in [0.4, 0.5) is 0 Å². The summed E-state index contributed by atoms with van der Waals surface area (Å²) in [5.41, 5.74) is 2.67. The molecule has 0 amide bonds. The molecule has 0 bridgehead atoms. The summed E-state index contributed by atoms with van der Waals surface area (Å²) < 4.78 is 29.6. The molecule has 1 aliphatic rings. The van der Waals surface area contributed by atoms with Crippen LogP contribution in [0.5, 0.6) is 0 Å². The molecule has 1 N–H and O–H groups in total. The van der Waals surface area contributed by atoms with Gasteiger partial charge in [-0.15, -0.1) is 0 Å². The van der Waals surface area contributed by atoms with E-state index in [0.717, 1.165) is 43.1 Å². The Morgan fingerprint density at radius 1 is 1.24 bits per heavy atom. The molecule has 2 aromatic rings. The van der Waals surface area contributed by atoms with Gasteiger partial charge in [-0.3, -0.25) is 9.58 Å². The summed E-state index contributed by atoms with van der Waals surface area (Å²) in [7, 11) is -3.52. The van der Waals surface area contributed by atoms with Crippen LogP contribution >= 0.6 is 0 Å². The lowest BCUT2D eigenvalue weighted by molar-refractivity contribution is 0.210. The van der Waals surface area contributed by atoms with E-state index in [-0.39, 0.29) is 6.54 Å². The highest BCUT2D eigenvalue weighted by Crippen LogP contribution is 2.16. The maximum absolute atomic E-state index is 12.5. The molecule has 25 heavy (non-hydrogen) atoms. The topological polar surface area (TPSA) is 67.2 Å². The first-order valence-corrected chi connectivity index (χ1v) is 10.3. The number of aromatic nitrogens is 2. The third-order valence-electron chi connectivity index (χ3n) is 4.58. The number of fused-ring (bicyclic) bond motifs is 1.